The largest absolute Gasteiger partial charge is 0.494 e. The summed E-state index contributed by atoms with van der Waals surface area (Å²) < 4.78 is 11.1. The first kappa shape index (κ1) is 26.3. The molecular formula is C31H27NO6. The maximum Gasteiger partial charge on any atom is 0.311 e. The second kappa shape index (κ2) is 13.0. The number of hydrogen-bond donors (Lipinski definition) is 0. The first-order valence-electron chi connectivity index (χ1n) is 12.4. The molecule has 3 aromatic rings. The fourth-order valence-corrected chi connectivity index (χ4v) is 3.78. The van der Waals surface area contributed by atoms with Gasteiger partial charge in [0, 0.05) is 24.1 Å². The van der Waals surface area contributed by atoms with Crippen molar-refractivity contribution in [2.45, 2.75) is 25.7 Å². The maximum atomic E-state index is 12.2. The van der Waals surface area contributed by atoms with Gasteiger partial charge in [0.25, 0.3) is 11.8 Å². The lowest BCUT2D eigenvalue weighted by Crippen LogP contribution is -2.29. The van der Waals surface area contributed by atoms with E-state index in [1.807, 2.05) is 42.5 Å². The van der Waals surface area contributed by atoms with Gasteiger partial charge in [0.05, 0.1) is 12.3 Å². The molecule has 1 aliphatic heterocycles. The van der Waals surface area contributed by atoms with Crippen molar-refractivity contribution in [1.29, 1.82) is 0 Å². The van der Waals surface area contributed by atoms with Crippen molar-refractivity contribution >= 4 is 35.3 Å². The predicted octanol–water partition coefficient (Wildman–Crippen LogP) is 5.56. The molecule has 1 heterocycles. The summed E-state index contributed by atoms with van der Waals surface area (Å²) in [6, 6.07) is 22.9. The molecule has 0 N–H and O–H groups in total. The van der Waals surface area contributed by atoms with E-state index in [1.54, 1.807) is 48.6 Å². The van der Waals surface area contributed by atoms with Crippen LogP contribution in [0.25, 0.3) is 6.08 Å². The zero-order chi connectivity index (χ0) is 26.7. The van der Waals surface area contributed by atoms with E-state index in [-0.39, 0.29) is 18.2 Å². The van der Waals surface area contributed by atoms with Crippen LogP contribution in [0, 0.1) is 0 Å². The Morgan fingerprint density at radius 2 is 1.39 bits per heavy atom. The number of anilines is 1. The highest BCUT2D eigenvalue weighted by Crippen LogP contribution is 2.23. The molecule has 0 saturated carbocycles. The maximum absolute atomic E-state index is 12.2. The number of hydrogen-bond acceptors (Lipinski definition) is 6. The van der Waals surface area contributed by atoms with E-state index >= 15 is 0 Å². The highest BCUT2D eigenvalue weighted by atomic mass is 16.5. The van der Waals surface area contributed by atoms with Gasteiger partial charge in [-0.3, -0.25) is 19.2 Å². The van der Waals surface area contributed by atoms with Gasteiger partial charge in [0.2, 0.25) is 0 Å². The van der Waals surface area contributed by atoms with Crippen LogP contribution in [-0.2, 0) is 14.4 Å². The van der Waals surface area contributed by atoms with Gasteiger partial charge in [-0.2, -0.15) is 0 Å². The number of esters is 1. The molecule has 0 aliphatic carbocycles. The van der Waals surface area contributed by atoms with Crippen LogP contribution in [0.3, 0.4) is 0 Å². The molecule has 7 heteroatoms. The molecule has 0 radical (unpaired) electrons. The number of ether oxygens (including phenoxy) is 2. The van der Waals surface area contributed by atoms with Crippen LogP contribution >= 0.6 is 0 Å². The van der Waals surface area contributed by atoms with Crippen LogP contribution in [0.4, 0.5) is 5.69 Å². The second-order valence-electron chi connectivity index (χ2n) is 8.60. The zero-order valence-electron chi connectivity index (χ0n) is 20.7. The number of benzene rings is 3. The molecule has 0 fully saturated rings. The van der Waals surface area contributed by atoms with E-state index in [0.29, 0.717) is 30.0 Å². The standard InChI is InChI=1S/C31H27NO6/c33-28(24-7-3-1-4-8-24)19-12-23-10-15-26(16-11-23)37-22-6-2-5-9-31(36)38-27-17-13-25(14-18-27)32-29(34)20-21-30(32)35/h1,3-4,7-8,10-21H,2,5-6,9,22H2/b19-12+. The summed E-state index contributed by atoms with van der Waals surface area (Å²) in [5.41, 5.74) is 1.98. The predicted molar refractivity (Wildman–Crippen MR) is 144 cm³/mol. The lowest BCUT2D eigenvalue weighted by molar-refractivity contribution is -0.134. The van der Waals surface area contributed by atoms with Gasteiger partial charge < -0.3 is 9.47 Å². The van der Waals surface area contributed by atoms with Crippen LogP contribution in [0.2, 0.25) is 0 Å². The second-order valence-corrected chi connectivity index (χ2v) is 8.60. The van der Waals surface area contributed by atoms with Gasteiger partial charge in [0.1, 0.15) is 11.5 Å². The molecule has 192 valence electrons. The summed E-state index contributed by atoms with van der Waals surface area (Å²) in [5, 5.41) is 0. The molecule has 1 aliphatic rings. The molecule has 0 spiro atoms. The minimum Gasteiger partial charge on any atom is -0.494 e. The Balaban J connectivity index is 1.10. The molecule has 4 rings (SSSR count). The molecule has 0 saturated heterocycles. The minimum absolute atomic E-state index is 0.0432. The van der Waals surface area contributed by atoms with Gasteiger partial charge in [-0.25, -0.2) is 4.90 Å². The number of rotatable bonds is 12. The van der Waals surface area contributed by atoms with E-state index in [9.17, 15) is 19.2 Å². The first-order chi connectivity index (χ1) is 18.5. The normalized spacial score (nSPS) is 12.8. The van der Waals surface area contributed by atoms with E-state index in [1.165, 1.54) is 12.2 Å². The molecule has 0 unspecified atom stereocenters. The van der Waals surface area contributed by atoms with E-state index in [0.717, 1.165) is 29.1 Å². The Labute approximate surface area is 221 Å². The third-order valence-electron chi connectivity index (χ3n) is 5.80. The Bertz CT molecular complexity index is 1320. The summed E-state index contributed by atoms with van der Waals surface area (Å²) in [7, 11) is 0. The quantitative estimate of drug-likeness (QED) is 0.0793. The molecule has 0 aromatic heterocycles. The fourth-order valence-electron chi connectivity index (χ4n) is 3.78. The molecule has 2 amide bonds. The van der Waals surface area contributed by atoms with Crippen molar-refractivity contribution in [3.8, 4) is 11.5 Å². The summed E-state index contributed by atoms with van der Waals surface area (Å²) in [6.07, 6.45) is 8.31. The Kier molecular flexibility index (Phi) is 8.97. The molecule has 0 atom stereocenters. The number of carbonyl (C=O) groups is 4. The number of imide groups is 1. The highest BCUT2D eigenvalue weighted by Gasteiger charge is 2.24. The van der Waals surface area contributed by atoms with Crippen LogP contribution < -0.4 is 14.4 Å². The molecule has 7 nitrogen and oxygen atoms in total. The van der Waals surface area contributed by atoms with Gasteiger partial charge >= 0.3 is 5.97 Å². The molecule has 38 heavy (non-hydrogen) atoms. The lowest BCUT2D eigenvalue weighted by atomic mass is 10.1. The number of carbonyl (C=O) groups excluding carboxylic acids is 4. The lowest BCUT2D eigenvalue weighted by Gasteiger charge is -2.14. The zero-order valence-corrected chi connectivity index (χ0v) is 20.7. The van der Waals surface area contributed by atoms with Gasteiger partial charge in [-0.1, -0.05) is 48.5 Å². The molecule has 0 bridgehead atoms. The summed E-state index contributed by atoms with van der Waals surface area (Å²) in [6.45, 7) is 0.529. The Hall–Kier alpha value is -4.78. The minimum atomic E-state index is -0.398. The van der Waals surface area contributed by atoms with E-state index < -0.39 is 11.8 Å². The van der Waals surface area contributed by atoms with Crippen molar-refractivity contribution in [1.82, 2.24) is 0 Å². The number of amides is 2. The number of nitrogens with zero attached hydrogens (tertiary/aromatic N) is 1. The van der Waals surface area contributed by atoms with Crippen LogP contribution in [0.5, 0.6) is 11.5 Å². The summed E-state index contributed by atoms with van der Waals surface area (Å²) >= 11 is 0. The van der Waals surface area contributed by atoms with Crippen LogP contribution in [-0.4, -0.2) is 30.2 Å². The summed E-state index contributed by atoms with van der Waals surface area (Å²) in [5.74, 6) is -0.0824. The van der Waals surface area contributed by atoms with Crippen molar-refractivity contribution in [3.05, 3.63) is 108 Å². The monoisotopic (exact) mass is 509 g/mol. The van der Waals surface area contributed by atoms with Crippen molar-refractivity contribution in [2.24, 2.45) is 0 Å². The summed E-state index contributed by atoms with van der Waals surface area (Å²) in [4.78, 5) is 48.8. The van der Waals surface area contributed by atoms with Gasteiger partial charge in [-0.15, -0.1) is 0 Å². The van der Waals surface area contributed by atoms with Crippen molar-refractivity contribution in [2.75, 3.05) is 11.5 Å². The number of ketones is 1. The average Bonchev–Trinajstić information content (AvgIpc) is 3.28. The fraction of sp³-hybridized carbons (Fsp3) is 0.161. The van der Waals surface area contributed by atoms with Crippen molar-refractivity contribution in [3.63, 3.8) is 0 Å². The Morgan fingerprint density at radius 1 is 0.737 bits per heavy atom. The molecule has 3 aromatic carbocycles. The Morgan fingerprint density at radius 3 is 2.08 bits per heavy atom. The topological polar surface area (TPSA) is 90.0 Å². The number of unbranched alkanes of at least 4 members (excludes halogenated alkanes) is 2. The van der Waals surface area contributed by atoms with E-state index in [4.69, 9.17) is 9.47 Å². The van der Waals surface area contributed by atoms with E-state index in [2.05, 4.69) is 0 Å². The SMILES string of the molecule is O=C(CCCCCOc1ccc(/C=C/C(=O)c2ccccc2)cc1)Oc1ccc(N2C(=O)C=CC2=O)cc1. The van der Waals surface area contributed by atoms with Crippen LogP contribution in [0.1, 0.15) is 41.6 Å². The van der Waals surface area contributed by atoms with Crippen LogP contribution in [0.15, 0.2) is 97.1 Å². The number of allylic oxidation sites excluding steroid dienone is 1. The average molecular weight is 510 g/mol. The highest BCUT2D eigenvalue weighted by molar-refractivity contribution is 6.28. The van der Waals surface area contributed by atoms with Crippen molar-refractivity contribution < 1.29 is 28.7 Å². The van der Waals surface area contributed by atoms with Gasteiger partial charge in [-0.05, 0) is 67.3 Å². The third-order valence-corrected chi connectivity index (χ3v) is 5.80. The first-order valence-corrected chi connectivity index (χ1v) is 12.4. The molecular weight excluding hydrogens is 482 g/mol. The third kappa shape index (κ3) is 7.36. The van der Waals surface area contributed by atoms with Gasteiger partial charge in [0.15, 0.2) is 5.78 Å². The smallest absolute Gasteiger partial charge is 0.311 e.